The fraction of sp³-hybridized carbons (Fsp3) is 0.104. The minimum absolute atomic E-state index is 1.08. The van der Waals surface area contributed by atoms with Gasteiger partial charge in [-0.1, -0.05) is 105 Å². The predicted molar refractivity (Wildman–Crippen MR) is 217 cm³/mol. The van der Waals surface area contributed by atoms with E-state index in [1.54, 1.807) is 6.20 Å². The topological polar surface area (TPSA) is 38.9 Å². The molecule has 0 saturated heterocycles. The molecule has 6 aromatic carbocycles. The van der Waals surface area contributed by atoms with Crippen LogP contribution in [-0.4, -0.2) is 4.98 Å². The summed E-state index contributed by atoms with van der Waals surface area (Å²) in [6.07, 6.45) is 16.2. The molecule has 0 fully saturated rings. The molecule has 0 spiro atoms. The molecule has 0 aliphatic heterocycles. The van der Waals surface area contributed by atoms with Crippen molar-refractivity contribution in [1.82, 2.24) is 4.98 Å². The summed E-state index contributed by atoms with van der Waals surface area (Å²) in [6.45, 7) is 6.05. The second-order valence-corrected chi connectivity index (χ2v) is 12.4. The number of aromatic nitrogens is 1. The van der Waals surface area contributed by atoms with Gasteiger partial charge in [0, 0.05) is 12.4 Å². The Hall–Kier alpha value is -5.99. The highest BCUT2D eigenvalue weighted by molar-refractivity contribution is 6.14. The number of fused-ring (bicyclic) bond motifs is 6. The van der Waals surface area contributed by atoms with E-state index < -0.39 is 0 Å². The third-order valence-electron chi connectivity index (χ3n) is 9.61. The number of aryl methyl sites for hydroxylation is 1. The second kappa shape index (κ2) is 14.6. The smallest absolute Gasteiger partial charge is 0.0273 e. The monoisotopic (exact) mass is 646 g/mol. The maximum atomic E-state index is 5.83. The van der Waals surface area contributed by atoms with E-state index >= 15 is 0 Å². The van der Waals surface area contributed by atoms with E-state index in [9.17, 15) is 0 Å². The molecule has 0 bridgehead atoms. The molecule has 0 saturated carbocycles. The Bertz CT molecular complexity index is 2410. The highest BCUT2D eigenvalue weighted by Crippen LogP contribution is 2.39. The van der Waals surface area contributed by atoms with Gasteiger partial charge in [-0.3, -0.25) is 4.98 Å². The van der Waals surface area contributed by atoms with Crippen LogP contribution in [0.4, 0.5) is 0 Å². The van der Waals surface area contributed by atoms with Crippen molar-refractivity contribution >= 4 is 33.2 Å². The molecule has 244 valence electrons. The van der Waals surface area contributed by atoms with Crippen LogP contribution in [0.15, 0.2) is 158 Å². The molecule has 7 aromatic rings. The molecule has 50 heavy (non-hydrogen) atoms. The van der Waals surface area contributed by atoms with Gasteiger partial charge in [0.1, 0.15) is 0 Å². The van der Waals surface area contributed by atoms with Gasteiger partial charge in [-0.05, 0) is 169 Å². The van der Waals surface area contributed by atoms with E-state index in [4.69, 9.17) is 5.73 Å². The van der Waals surface area contributed by atoms with Crippen LogP contribution in [0.3, 0.4) is 0 Å². The van der Waals surface area contributed by atoms with Gasteiger partial charge >= 0.3 is 0 Å². The van der Waals surface area contributed by atoms with Crippen LogP contribution in [0.25, 0.3) is 77.7 Å². The minimum Gasteiger partial charge on any atom is -0.405 e. The highest BCUT2D eigenvalue weighted by atomic mass is 14.6. The van der Waals surface area contributed by atoms with E-state index in [0.717, 1.165) is 46.2 Å². The molecule has 1 heterocycles. The number of nitrogens with zero attached hydrogens (tertiary/aromatic N) is 1. The third kappa shape index (κ3) is 6.29. The average Bonchev–Trinajstić information content (AvgIpc) is 3.21. The maximum absolute atomic E-state index is 5.83. The fourth-order valence-electron chi connectivity index (χ4n) is 7.25. The van der Waals surface area contributed by atoms with Crippen molar-refractivity contribution in [2.24, 2.45) is 5.73 Å². The number of pyridine rings is 1. The zero-order valence-electron chi connectivity index (χ0n) is 29.0. The number of hydrogen-bond donors (Lipinski definition) is 1. The lowest BCUT2D eigenvalue weighted by molar-refractivity contribution is 1.00. The van der Waals surface area contributed by atoms with E-state index in [0.29, 0.717) is 0 Å². The number of benzene rings is 6. The lowest BCUT2D eigenvalue weighted by Gasteiger charge is -2.18. The predicted octanol–water partition coefficient (Wildman–Crippen LogP) is 12.9. The molecular weight excluding hydrogens is 605 g/mol. The van der Waals surface area contributed by atoms with Crippen LogP contribution in [0, 0.1) is 0 Å². The van der Waals surface area contributed by atoms with Crippen molar-refractivity contribution in [2.45, 2.75) is 33.6 Å². The summed E-state index contributed by atoms with van der Waals surface area (Å²) in [6, 6.07) is 44.5. The molecular formula is C48H42N2. The summed E-state index contributed by atoms with van der Waals surface area (Å²) in [4.78, 5) is 4.23. The number of allylic oxidation sites excluding steroid dienone is 4. The van der Waals surface area contributed by atoms with Gasteiger partial charge in [0.15, 0.2) is 0 Å². The van der Waals surface area contributed by atoms with E-state index in [-0.39, 0.29) is 0 Å². The fourth-order valence-corrected chi connectivity index (χ4v) is 7.25. The van der Waals surface area contributed by atoms with E-state index in [1.165, 1.54) is 54.9 Å². The molecule has 0 atom stereocenters. The Kier molecular flexibility index (Phi) is 9.53. The van der Waals surface area contributed by atoms with Crippen molar-refractivity contribution < 1.29 is 0 Å². The molecule has 2 heteroatoms. The first-order valence-electron chi connectivity index (χ1n) is 17.7. The standard InChI is InChI=1S/C46H36N2.C2H6/c1-2-31(19-22-47)38-27-39(32-20-23-48-24-21-32)29-40(28-38)36-12-8-10-34(26-36)33-9-7-11-35(25-33)37-17-18-45-43-15-4-3-13-41(43)42-14-5-6-16-44(42)46(45)30-37;1-2/h2,4-12,14-30H,3,13,47H2,1H3;1-2H3/b22-19-,31-2+;. The normalized spacial score (nSPS) is 12.6. The molecule has 0 radical (unpaired) electrons. The first-order valence-corrected chi connectivity index (χ1v) is 17.7. The molecule has 1 aromatic heterocycles. The Morgan fingerprint density at radius 1 is 0.580 bits per heavy atom. The van der Waals surface area contributed by atoms with Gasteiger partial charge in [-0.2, -0.15) is 0 Å². The van der Waals surface area contributed by atoms with Crippen molar-refractivity contribution in [3.05, 3.63) is 175 Å². The van der Waals surface area contributed by atoms with Gasteiger partial charge in [-0.25, -0.2) is 0 Å². The third-order valence-corrected chi connectivity index (χ3v) is 9.61. The molecule has 0 unspecified atom stereocenters. The highest BCUT2D eigenvalue weighted by Gasteiger charge is 2.16. The molecule has 8 rings (SSSR count). The molecule has 2 nitrogen and oxygen atoms in total. The van der Waals surface area contributed by atoms with Crippen LogP contribution in [0.5, 0.6) is 0 Å². The Balaban J connectivity index is 0.00000193. The summed E-state index contributed by atoms with van der Waals surface area (Å²) in [5.41, 5.74) is 20.3. The number of nitrogens with two attached hydrogens (primary N) is 1. The average molecular weight is 647 g/mol. The van der Waals surface area contributed by atoms with Crippen LogP contribution in [0.2, 0.25) is 0 Å². The zero-order valence-corrected chi connectivity index (χ0v) is 29.0. The first kappa shape index (κ1) is 32.6. The van der Waals surface area contributed by atoms with Gasteiger partial charge in [0.2, 0.25) is 0 Å². The quantitative estimate of drug-likeness (QED) is 0.144. The van der Waals surface area contributed by atoms with E-state index in [1.807, 2.05) is 39.2 Å². The number of hydrogen-bond acceptors (Lipinski definition) is 2. The minimum atomic E-state index is 1.08. The van der Waals surface area contributed by atoms with Crippen molar-refractivity contribution in [3.8, 4) is 44.5 Å². The summed E-state index contributed by atoms with van der Waals surface area (Å²) < 4.78 is 0. The van der Waals surface area contributed by atoms with Crippen LogP contribution in [-0.2, 0) is 6.42 Å². The number of rotatable bonds is 6. The summed E-state index contributed by atoms with van der Waals surface area (Å²) >= 11 is 0. The summed E-state index contributed by atoms with van der Waals surface area (Å²) in [5, 5.41) is 5.37. The lowest BCUT2D eigenvalue weighted by Crippen LogP contribution is -1.97. The van der Waals surface area contributed by atoms with Crippen molar-refractivity contribution in [1.29, 1.82) is 0 Å². The largest absolute Gasteiger partial charge is 0.405 e. The van der Waals surface area contributed by atoms with Gasteiger partial charge in [-0.15, -0.1) is 0 Å². The molecule has 1 aliphatic carbocycles. The van der Waals surface area contributed by atoms with Gasteiger partial charge < -0.3 is 5.73 Å². The maximum Gasteiger partial charge on any atom is 0.0273 e. The Morgan fingerprint density at radius 3 is 1.84 bits per heavy atom. The molecule has 0 amide bonds. The van der Waals surface area contributed by atoms with Gasteiger partial charge in [0.05, 0.1) is 0 Å². The van der Waals surface area contributed by atoms with Crippen molar-refractivity contribution in [2.75, 3.05) is 0 Å². The Labute approximate surface area is 296 Å². The summed E-state index contributed by atoms with van der Waals surface area (Å²) in [7, 11) is 0. The van der Waals surface area contributed by atoms with E-state index in [2.05, 4.69) is 145 Å². The Morgan fingerprint density at radius 2 is 1.18 bits per heavy atom. The zero-order chi connectivity index (χ0) is 34.5. The second-order valence-electron chi connectivity index (χ2n) is 12.4. The SMILES string of the molecule is C/C=C(\C=C/N)c1cc(-c2ccncc2)cc(-c2cccc(-c3cccc(-c4ccc5c6c(c7ccccc7c5c4)CCC=C6)c3)c2)c1.CC. The lowest BCUT2D eigenvalue weighted by atomic mass is 9.85. The molecule has 1 aliphatic rings. The van der Waals surface area contributed by atoms with Crippen LogP contribution in [0.1, 0.15) is 43.9 Å². The van der Waals surface area contributed by atoms with Crippen molar-refractivity contribution in [3.63, 3.8) is 0 Å². The summed E-state index contributed by atoms with van der Waals surface area (Å²) in [5.74, 6) is 0. The van der Waals surface area contributed by atoms with Crippen LogP contribution < -0.4 is 5.73 Å². The molecule has 2 N–H and O–H groups in total. The first-order chi connectivity index (χ1) is 24.7. The van der Waals surface area contributed by atoms with Gasteiger partial charge in [0.25, 0.3) is 0 Å². The van der Waals surface area contributed by atoms with Crippen LogP contribution >= 0.6 is 0 Å².